The molecule has 0 amide bonds. The predicted octanol–water partition coefficient (Wildman–Crippen LogP) is 3.06. The van der Waals surface area contributed by atoms with Gasteiger partial charge >= 0.3 is 0 Å². The van der Waals surface area contributed by atoms with Crippen molar-refractivity contribution in [2.45, 2.75) is 43.6 Å². The van der Waals surface area contributed by atoms with Crippen LogP contribution < -0.4 is 14.8 Å². The van der Waals surface area contributed by atoms with Crippen LogP contribution in [-0.4, -0.2) is 54.5 Å². The minimum Gasteiger partial charge on any atom is -0.497 e. The van der Waals surface area contributed by atoms with Crippen LogP contribution in [0.1, 0.15) is 38.0 Å². The van der Waals surface area contributed by atoms with Crippen LogP contribution in [0.15, 0.2) is 23.4 Å². The molecule has 0 radical (unpaired) electrons. The first kappa shape index (κ1) is 25.1. The molecule has 172 valence electrons. The molecule has 1 heterocycles. The zero-order chi connectivity index (χ0) is 23.2. The summed E-state index contributed by atoms with van der Waals surface area (Å²) in [4.78, 5) is 12.6. The van der Waals surface area contributed by atoms with E-state index in [1.54, 1.807) is 19.1 Å². The van der Waals surface area contributed by atoms with E-state index in [9.17, 15) is 17.9 Å². The van der Waals surface area contributed by atoms with E-state index in [0.717, 1.165) is 18.0 Å². The van der Waals surface area contributed by atoms with E-state index in [0.29, 0.717) is 23.7 Å². The maximum atomic E-state index is 14.4. The van der Waals surface area contributed by atoms with Crippen molar-refractivity contribution in [1.82, 2.24) is 15.0 Å². The van der Waals surface area contributed by atoms with Gasteiger partial charge in [0.15, 0.2) is 5.16 Å². The van der Waals surface area contributed by atoms with Crippen LogP contribution in [0, 0.1) is 11.7 Å². The van der Waals surface area contributed by atoms with Crippen molar-refractivity contribution in [1.29, 1.82) is 0 Å². The first-order chi connectivity index (χ1) is 14.5. The van der Waals surface area contributed by atoms with E-state index in [4.69, 9.17) is 4.74 Å². The number of ether oxygens (including phenoxy) is 1. The summed E-state index contributed by atoms with van der Waals surface area (Å²) >= 11 is 1.15. The number of hydrogen-bond acceptors (Lipinski definition) is 9. The number of aliphatic hydroxyl groups excluding tert-OH is 1. The van der Waals surface area contributed by atoms with Gasteiger partial charge in [-0.2, -0.15) is 15.0 Å². The van der Waals surface area contributed by atoms with Gasteiger partial charge in [-0.05, 0) is 25.3 Å². The lowest BCUT2D eigenvalue weighted by Gasteiger charge is -2.19. The minimum atomic E-state index is -3.62. The van der Waals surface area contributed by atoms with Crippen LogP contribution in [0.5, 0.6) is 5.75 Å². The number of halogens is 1. The maximum absolute atomic E-state index is 14.4. The molecule has 2 atom stereocenters. The number of nitrogens with zero attached hydrogens (tertiary/aromatic N) is 3. The van der Waals surface area contributed by atoms with Crippen molar-refractivity contribution in [2.75, 3.05) is 30.0 Å². The standard InChI is InChI=1S/C19H28FN5O4S2/c1-11(2)8-13(10-26)21-17-22-18(25-31(5,27)28)24-19(23-17)30-12(3)15-7-6-14(29-4)9-16(15)20/h6-7,9,11-13,26H,8,10H2,1-5H3,(H2,21,22,23,24,25)/t12-,13+/m0/s1. The zero-order valence-corrected chi connectivity index (χ0v) is 19.7. The first-order valence-electron chi connectivity index (χ1n) is 9.62. The Hall–Kier alpha value is -2.18. The molecule has 1 aromatic heterocycles. The number of nitrogens with one attached hydrogen (secondary N) is 2. The van der Waals surface area contributed by atoms with Crippen molar-refractivity contribution >= 4 is 33.7 Å². The minimum absolute atomic E-state index is 0.116. The predicted molar refractivity (Wildman–Crippen MR) is 119 cm³/mol. The Morgan fingerprint density at radius 3 is 2.42 bits per heavy atom. The molecule has 0 aliphatic carbocycles. The molecule has 0 saturated heterocycles. The smallest absolute Gasteiger partial charge is 0.242 e. The molecule has 3 N–H and O–H groups in total. The molecule has 2 rings (SSSR count). The Labute approximate surface area is 186 Å². The largest absolute Gasteiger partial charge is 0.497 e. The summed E-state index contributed by atoms with van der Waals surface area (Å²) in [5, 5.41) is 12.5. The highest BCUT2D eigenvalue weighted by atomic mass is 32.2. The van der Waals surface area contributed by atoms with Crippen molar-refractivity contribution in [3.8, 4) is 5.75 Å². The molecule has 0 saturated carbocycles. The van der Waals surface area contributed by atoms with Crippen LogP contribution in [0.3, 0.4) is 0 Å². The van der Waals surface area contributed by atoms with Crippen LogP contribution >= 0.6 is 11.8 Å². The van der Waals surface area contributed by atoms with Gasteiger partial charge in [0, 0.05) is 16.9 Å². The molecule has 0 unspecified atom stereocenters. The molecule has 0 aliphatic rings. The average Bonchev–Trinajstić information content (AvgIpc) is 2.65. The van der Waals surface area contributed by atoms with E-state index in [2.05, 4.69) is 25.0 Å². The quantitative estimate of drug-likeness (QED) is 0.422. The second kappa shape index (κ2) is 10.9. The Morgan fingerprint density at radius 1 is 1.19 bits per heavy atom. The van der Waals surface area contributed by atoms with Crippen molar-refractivity contribution in [3.05, 3.63) is 29.6 Å². The summed E-state index contributed by atoms with van der Waals surface area (Å²) in [6.07, 6.45) is 1.65. The fourth-order valence-corrected chi connectivity index (χ4v) is 4.14. The monoisotopic (exact) mass is 473 g/mol. The average molecular weight is 474 g/mol. The molecule has 31 heavy (non-hydrogen) atoms. The SMILES string of the molecule is COc1ccc([C@H](C)Sc2nc(N[C@@H](CO)CC(C)C)nc(NS(C)(=O)=O)n2)c(F)c1. The van der Waals surface area contributed by atoms with E-state index in [1.807, 2.05) is 13.8 Å². The van der Waals surface area contributed by atoms with Gasteiger partial charge in [0.05, 0.1) is 26.0 Å². The Morgan fingerprint density at radius 2 is 1.87 bits per heavy atom. The highest BCUT2D eigenvalue weighted by molar-refractivity contribution is 7.99. The van der Waals surface area contributed by atoms with Gasteiger partial charge in [0.2, 0.25) is 21.9 Å². The van der Waals surface area contributed by atoms with E-state index in [1.165, 1.54) is 13.2 Å². The molecular weight excluding hydrogens is 445 g/mol. The number of thioether (sulfide) groups is 1. The van der Waals surface area contributed by atoms with Gasteiger partial charge in [-0.15, -0.1) is 0 Å². The number of methoxy groups -OCH3 is 1. The third-order valence-corrected chi connectivity index (χ3v) is 5.68. The van der Waals surface area contributed by atoms with E-state index < -0.39 is 15.8 Å². The van der Waals surface area contributed by atoms with Gasteiger partial charge in [0.25, 0.3) is 0 Å². The van der Waals surface area contributed by atoms with Crippen molar-refractivity contribution in [3.63, 3.8) is 0 Å². The third kappa shape index (κ3) is 8.11. The Balaban J connectivity index is 2.33. The van der Waals surface area contributed by atoms with E-state index in [-0.39, 0.29) is 35.0 Å². The van der Waals surface area contributed by atoms with Crippen LogP contribution in [-0.2, 0) is 10.0 Å². The lowest BCUT2D eigenvalue weighted by molar-refractivity contribution is 0.259. The lowest BCUT2D eigenvalue weighted by atomic mass is 10.0. The third-order valence-electron chi connectivity index (χ3n) is 4.13. The molecule has 0 fully saturated rings. The fraction of sp³-hybridized carbons (Fsp3) is 0.526. The summed E-state index contributed by atoms with van der Waals surface area (Å²) in [5.41, 5.74) is 0.423. The summed E-state index contributed by atoms with van der Waals surface area (Å²) in [7, 11) is -2.16. The number of benzene rings is 1. The fourth-order valence-electron chi connectivity index (χ4n) is 2.80. The molecule has 1 aromatic carbocycles. The number of aliphatic hydroxyl groups is 1. The van der Waals surface area contributed by atoms with Gasteiger partial charge in [0.1, 0.15) is 11.6 Å². The zero-order valence-electron chi connectivity index (χ0n) is 18.1. The highest BCUT2D eigenvalue weighted by Crippen LogP contribution is 2.35. The lowest BCUT2D eigenvalue weighted by Crippen LogP contribution is -2.27. The van der Waals surface area contributed by atoms with Crippen molar-refractivity contribution < 1.29 is 22.7 Å². The summed E-state index contributed by atoms with van der Waals surface area (Å²) in [6.45, 7) is 5.67. The molecule has 0 bridgehead atoms. The molecule has 2 aromatic rings. The topological polar surface area (TPSA) is 126 Å². The maximum Gasteiger partial charge on any atom is 0.242 e. The number of aromatic nitrogens is 3. The van der Waals surface area contributed by atoms with Gasteiger partial charge in [-0.1, -0.05) is 31.7 Å². The van der Waals surface area contributed by atoms with Crippen LogP contribution in [0.25, 0.3) is 0 Å². The van der Waals surface area contributed by atoms with Crippen molar-refractivity contribution in [2.24, 2.45) is 5.92 Å². The number of rotatable bonds is 11. The molecule has 9 nitrogen and oxygen atoms in total. The second-order valence-electron chi connectivity index (χ2n) is 7.44. The Bertz CT molecular complexity index is 991. The molecule has 0 spiro atoms. The van der Waals surface area contributed by atoms with Gasteiger partial charge < -0.3 is 15.2 Å². The van der Waals surface area contributed by atoms with Gasteiger partial charge in [-0.25, -0.2) is 12.8 Å². The number of sulfonamides is 1. The Kier molecular flexibility index (Phi) is 8.83. The highest BCUT2D eigenvalue weighted by Gasteiger charge is 2.19. The molecule has 0 aliphatic heterocycles. The number of anilines is 2. The summed E-state index contributed by atoms with van der Waals surface area (Å²) in [5.74, 6) is 0.243. The first-order valence-corrected chi connectivity index (χ1v) is 12.4. The number of hydrogen-bond donors (Lipinski definition) is 3. The van der Waals surface area contributed by atoms with Gasteiger partial charge in [-0.3, -0.25) is 4.72 Å². The summed E-state index contributed by atoms with van der Waals surface area (Å²) < 4.78 is 45.0. The molecular formula is C19H28FN5O4S2. The second-order valence-corrected chi connectivity index (χ2v) is 10.5. The summed E-state index contributed by atoms with van der Waals surface area (Å²) in [6, 6.07) is 4.25. The molecule has 12 heteroatoms. The van der Waals surface area contributed by atoms with Crippen LogP contribution in [0.4, 0.5) is 16.3 Å². The van der Waals surface area contributed by atoms with E-state index >= 15 is 0 Å². The normalized spacial score (nSPS) is 13.7. The van der Waals surface area contributed by atoms with Crippen LogP contribution in [0.2, 0.25) is 0 Å².